The molecule has 2 aromatic carbocycles. The van der Waals surface area contributed by atoms with Crippen LogP contribution < -0.4 is 5.32 Å². The molecule has 0 aliphatic rings. The van der Waals surface area contributed by atoms with E-state index in [1.807, 2.05) is 31.2 Å². The molecule has 21 heavy (non-hydrogen) atoms. The maximum Gasteiger partial charge on any atom is 0.251 e. The van der Waals surface area contributed by atoms with Gasteiger partial charge in [-0.2, -0.15) is 0 Å². The number of nitrogens with one attached hydrogen (secondary N) is 1. The first kappa shape index (κ1) is 16.5. The molecule has 0 saturated heterocycles. The maximum atomic E-state index is 12.2. The molecule has 110 valence electrons. The number of hydrogen-bond donors (Lipinski definition) is 1. The average molecular weight is 432 g/mol. The average Bonchev–Trinajstić information content (AvgIpc) is 2.44. The van der Waals surface area contributed by atoms with Gasteiger partial charge in [-0.05, 0) is 65.2 Å². The summed E-state index contributed by atoms with van der Waals surface area (Å²) < 4.78 is 1.77. The summed E-state index contributed by atoms with van der Waals surface area (Å²) in [6, 6.07) is 13.3. The summed E-state index contributed by atoms with van der Waals surface area (Å²) in [7, 11) is 0. The summed E-state index contributed by atoms with van der Waals surface area (Å²) in [5, 5.41) is 3.58. The van der Waals surface area contributed by atoms with Crippen LogP contribution >= 0.6 is 43.5 Å². The number of halogens is 3. The quantitative estimate of drug-likeness (QED) is 0.706. The monoisotopic (exact) mass is 429 g/mol. The Morgan fingerprint density at radius 3 is 2.48 bits per heavy atom. The van der Waals surface area contributed by atoms with Crippen LogP contribution in [0, 0.1) is 0 Å². The molecular formula is C16H14Br2ClNO. The van der Waals surface area contributed by atoms with E-state index in [-0.39, 0.29) is 11.9 Å². The van der Waals surface area contributed by atoms with E-state index in [1.165, 1.54) is 5.56 Å². The van der Waals surface area contributed by atoms with Crippen molar-refractivity contribution in [3.63, 3.8) is 0 Å². The van der Waals surface area contributed by atoms with Crippen LogP contribution in [0.5, 0.6) is 0 Å². The molecule has 0 bridgehead atoms. The first-order chi connectivity index (χ1) is 9.95. The van der Waals surface area contributed by atoms with E-state index in [0.29, 0.717) is 10.6 Å². The van der Waals surface area contributed by atoms with Crippen LogP contribution in [0.25, 0.3) is 0 Å². The van der Waals surface area contributed by atoms with Crippen molar-refractivity contribution in [2.75, 3.05) is 0 Å². The van der Waals surface area contributed by atoms with E-state index in [4.69, 9.17) is 11.6 Å². The van der Waals surface area contributed by atoms with Crippen LogP contribution in [0.3, 0.4) is 0 Å². The van der Waals surface area contributed by atoms with Crippen LogP contribution in [0.15, 0.2) is 51.4 Å². The number of amides is 1. The molecule has 0 radical (unpaired) electrons. The van der Waals surface area contributed by atoms with Crippen molar-refractivity contribution in [1.29, 1.82) is 0 Å². The van der Waals surface area contributed by atoms with Crippen LogP contribution in [-0.4, -0.2) is 11.9 Å². The molecule has 2 rings (SSSR count). The van der Waals surface area contributed by atoms with Gasteiger partial charge in [-0.15, -0.1) is 0 Å². The predicted molar refractivity (Wildman–Crippen MR) is 93.9 cm³/mol. The second-order valence-electron chi connectivity index (χ2n) is 4.83. The van der Waals surface area contributed by atoms with Crippen molar-refractivity contribution in [3.8, 4) is 0 Å². The van der Waals surface area contributed by atoms with Crippen molar-refractivity contribution in [2.24, 2.45) is 0 Å². The van der Waals surface area contributed by atoms with Gasteiger partial charge in [-0.3, -0.25) is 4.79 Å². The molecule has 0 saturated carbocycles. The fourth-order valence-electron chi connectivity index (χ4n) is 1.97. The van der Waals surface area contributed by atoms with Gasteiger partial charge in [0.25, 0.3) is 5.91 Å². The number of carbonyl (C=O) groups excluding carboxylic acids is 1. The largest absolute Gasteiger partial charge is 0.349 e. The van der Waals surface area contributed by atoms with Crippen LogP contribution in [-0.2, 0) is 6.42 Å². The second-order valence-corrected chi connectivity index (χ2v) is 7.01. The Morgan fingerprint density at radius 2 is 1.86 bits per heavy atom. The molecule has 0 aromatic heterocycles. The molecule has 0 fully saturated rings. The Balaban J connectivity index is 1.98. The van der Waals surface area contributed by atoms with Gasteiger partial charge in [0.05, 0.1) is 5.02 Å². The van der Waals surface area contributed by atoms with Gasteiger partial charge < -0.3 is 5.32 Å². The zero-order valence-electron chi connectivity index (χ0n) is 11.4. The van der Waals surface area contributed by atoms with Crippen molar-refractivity contribution in [1.82, 2.24) is 5.32 Å². The van der Waals surface area contributed by atoms with Crippen LogP contribution in [0.4, 0.5) is 0 Å². The first-order valence-corrected chi connectivity index (χ1v) is 8.42. The number of hydrogen-bond acceptors (Lipinski definition) is 1. The van der Waals surface area contributed by atoms with E-state index in [9.17, 15) is 4.79 Å². The third-order valence-electron chi connectivity index (χ3n) is 3.01. The fourth-order valence-corrected chi connectivity index (χ4v) is 2.73. The highest BCUT2D eigenvalue weighted by Crippen LogP contribution is 2.23. The lowest BCUT2D eigenvalue weighted by Crippen LogP contribution is -2.34. The molecule has 0 aliphatic heterocycles. The number of benzene rings is 2. The molecule has 0 heterocycles. The molecule has 5 heteroatoms. The Morgan fingerprint density at radius 1 is 1.19 bits per heavy atom. The van der Waals surface area contributed by atoms with E-state index in [2.05, 4.69) is 37.2 Å². The Bertz CT molecular complexity index is 643. The van der Waals surface area contributed by atoms with Gasteiger partial charge in [0.1, 0.15) is 0 Å². The maximum absolute atomic E-state index is 12.2. The zero-order valence-corrected chi connectivity index (χ0v) is 15.3. The molecule has 2 aromatic rings. The van der Waals surface area contributed by atoms with Crippen LogP contribution in [0.2, 0.25) is 5.02 Å². The minimum atomic E-state index is -0.100. The highest BCUT2D eigenvalue weighted by atomic mass is 79.9. The topological polar surface area (TPSA) is 29.1 Å². The summed E-state index contributed by atoms with van der Waals surface area (Å²) in [5.74, 6) is -0.100. The van der Waals surface area contributed by atoms with E-state index in [0.717, 1.165) is 15.4 Å². The molecule has 2 nitrogen and oxygen atoms in total. The minimum Gasteiger partial charge on any atom is -0.349 e. The third kappa shape index (κ3) is 4.83. The summed E-state index contributed by atoms with van der Waals surface area (Å²) >= 11 is 12.7. The summed E-state index contributed by atoms with van der Waals surface area (Å²) in [5.41, 5.74) is 1.78. The first-order valence-electron chi connectivity index (χ1n) is 6.46. The zero-order chi connectivity index (χ0) is 15.4. The van der Waals surface area contributed by atoms with Gasteiger partial charge in [0.2, 0.25) is 0 Å². The molecule has 1 N–H and O–H groups in total. The van der Waals surface area contributed by atoms with E-state index < -0.39 is 0 Å². The smallest absolute Gasteiger partial charge is 0.251 e. The molecule has 1 amide bonds. The lowest BCUT2D eigenvalue weighted by atomic mass is 10.1. The molecule has 0 spiro atoms. The lowest BCUT2D eigenvalue weighted by Gasteiger charge is -2.14. The molecule has 0 aliphatic carbocycles. The number of rotatable bonds is 4. The van der Waals surface area contributed by atoms with Gasteiger partial charge in [-0.25, -0.2) is 0 Å². The fraction of sp³-hybridized carbons (Fsp3) is 0.188. The summed E-state index contributed by atoms with van der Waals surface area (Å²) in [6.45, 7) is 1.99. The van der Waals surface area contributed by atoms with E-state index in [1.54, 1.807) is 18.2 Å². The SMILES string of the molecule is CC(Cc1ccc(Br)cc1)NC(=O)c1ccc(Cl)c(Br)c1. The second kappa shape index (κ2) is 7.43. The predicted octanol–water partition coefficient (Wildman–Crippen LogP) is 5.23. The lowest BCUT2D eigenvalue weighted by molar-refractivity contribution is 0.0940. The highest BCUT2D eigenvalue weighted by molar-refractivity contribution is 9.10. The van der Waals surface area contributed by atoms with Crippen molar-refractivity contribution < 1.29 is 4.79 Å². The van der Waals surface area contributed by atoms with Gasteiger partial charge >= 0.3 is 0 Å². The highest BCUT2D eigenvalue weighted by Gasteiger charge is 2.11. The minimum absolute atomic E-state index is 0.0492. The molecule has 1 unspecified atom stereocenters. The summed E-state index contributed by atoms with van der Waals surface area (Å²) in [4.78, 5) is 12.2. The summed E-state index contributed by atoms with van der Waals surface area (Å²) in [6.07, 6.45) is 0.785. The van der Waals surface area contributed by atoms with E-state index >= 15 is 0 Å². The third-order valence-corrected chi connectivity index (χ3v) is 4.76. The van der Waals surface area contributed by atoms with Crippen molar-refractivity contribution in [2.45, 2.75) is 19.4 Å². The molecule has 1 atom stereocenters. The van der Waals surface area contributed by atoms with Crippen molar-refractivity contribution in [3.05, 3.63) is 67.6 Å². The Kier molecular flexibility index (Phi) is 5.85. The van der Waals surface area contributed by atoms with Crippen LogP contribution in [0.1, 0.15) is 22.8 Å². The van der Waals surface area contributed by atoms with Crippen molar-refractivity contribution >= 4 is 49.4 Å². The number of carbonyl (C=O) groups is 1. The van der Waals surface area contributed by atoms with Gasteiger partial charge in [0, 0.05) is 20.6 Å². The standard InChI is InChI=1S/C16H14Br2ClNO/c1-10(8-11-2-5-13(17)6-3-11)20-16(21)12-4-7-15(19)14(18)9-12/h2-7,9-10H,8H2,1H3,(H,20,21). The normalized spacial score (nSPS) is 12.0. The van der Waals surface area contributed by atoms with Gasteiger partial charge in [0.15, 0.2) is 0 Å². The van der Waals surface area contributed by atoms with Gasteiger partial charge in [-0.1, -0.05) is 39.7 Å². The Labute approximate surface area is 146 Å². The molecular weight excluding hydrogens is 417 g/mol. The Hall–Kier alpha value is -0.840.